The third kappa shape index (κ3) is 3.33. The quantitative estimate of drug-likeness (QED) is 0.764. The van der Waals surface area contributed by atoms with E-state index < -0.39 is 6.61 Å². The number of hydrogen-bond donors (Lipinski definition) is 0. The number of methoxy groups -OCH3 is 2. The summed E-state index contributed by atoms with van der Waals surface area (Å²) >= 11 is 0. The van der Waals surface area contributed by atoms with Crippen LogP contribution in [0.25, 0.3) is 6.08 Å². The van der Waals surface area contributed by atoms with Gasteiger partial charge in [-0.1, -0.05) is 24.3 Å². The zero-order chi connectivity index (χ0) is 18.0. The molecule has 0 N–H and O–H groups in total. The van der Waals surface area contributed by atoms with Gasteiger partial charge in [-0.05, 0) is 29.3 Å². The van der Waals surface area contributed by atoms with Gasteiger partial charge in [0.2, 0.25) is 5.75 Å². The average molecular weight is 346 g/mol. The second kappa shape index (κ2) is 6.93. The zero-order valence-electron chi connectivity index (χ0n) is 13.7. The van der Waals surface area contributed by atoms with Gasteiger partial charge in [0.05, 0.1) is 14.2 Å². The Morgan fingerprint density at radius 2 is 1.72 bits per heavy atom. The first-order valence-electron chi connectivity index (χ1n) is 7.57. The number of carbonyl (C=O) groups excluding carboxylic acids is 1. The van der Waals surface area contributed by atoms with E-state index in [0.29, 0.717) is 23.1 Å². The van der Waals surface area contributed by atoms with Crippen LogP contribution in [0.4, 0.5) is 8.78 Å². The minimum Gasteiger partial charge on any atom is -0.493 e. The SMILES string of the molecule is COc1cc(/C=C2\Cc3ccccc3C2=O)cc(OC)c1OC(F)F. The molecule has 0 radical (unpaired) electrons. The molecule has 6 heteroatoms. The number of fused-ring (bicyclic) bond motifs is 1. The second-order valence-electron chi connectivity index (χ2n) is 5.47. The van der Waals surface area contributed by atoms with Gasteiger partial charge in [-0.2, -0.15) is 8.78 Å². The summed E-state index contributed by atoms with van der Waals surface area (Å²) in [5.74, 6) is -0.00598. The molecule has 0 unspecified atom stereocenters. The predicted octanol–water partition coefficient (Wildman–Crippen LogP) is 4.13. The van der Waals surface area contributed by atoms with Gasteiger partial charge < -0.3 is 14.2 Å². The Balaban J connectivity index is 2.00. The van der Waals surface area contributed by atoms with E-state index in [1.165, 1.54) is 26.4 Å². The third-order valence-corrected chi connectivity index (χ3v) is 3.97. The molecule has 0 saturated carbocycles. The van der Waals surface area contributed by atoms with E-state index in [1.807, 2.05) is 18.2 Å². The van der Waals surface area contributed by atoms with Gasteiger partial charge in [0.1, 0.15) is 0 Å². The van der Waals surface area contributed by atoms with Crippen molar-refractivity contribution in [3.05, 3.63) is 58.7 Å². The van der Waals surface area contributed by atoms with Crippen LogP contribution in [0, 0.1) is 0 Å². The Labute approximate surface area is 143 Å². The summed E-state index contributed by atoms with van der Waals surface area (Å²) < 4.78 is 39.9. The molecular formula is C19H16F2O4. The summed E-state index contributed by atoms with van der Waals surface area (Å²) in [5, 5.41) is 0. The highest BCUT2D eigenvalue weighted by molar-refractivity contribution is 6.15. The Hall–Kier alpha value is -2.89. The number of hydrogen-bond acceptors (Lipinski definition) is 4. The van der Waals surface area contributed by atoms with Gasteiger partial charge >= 0.3 is 6.61 Å². The standard InChI is InChI=1S/C19H16F2O4/c1-23-15-8-11(9-16(24-2)18(15)25-19(20)21)7-13-10-12-5-3-4-6-14(12)17(13)22/h3-9,19H,10H2,1-2H3/b13-7+. The van der Waals surface area contributed by atoms with Crippen LogP contribution < -0.4 is 14.2 Å². The van der Waals surface area contributed by atoms with Crippen LogP contribution >= 0.6 is 0 Å². The molecule has 0 heterocycles. The van der Waals surface area contributed by atoms with E-state index in [2.05, 4.69) is 4.74 Å². The van der Waals surface area contributed by atoms with Gasteiger partial charge in [0.25, 0.3) is 0 Å². The molecule has 2 aromatic rings. The fourth-order valence-corrected chi connectivity index (χ4v) is 2.86. The van der Waals surface area contributed by atoms with E-state index in [-0.39, 0.29) is 23.0 Å². The summed E-state index contributed by atoms with van der Waals surface area (Å²) in [4.78, 5) is 12.5. The Kier molecular flexibility index (Phi) is 4.70. The molecule has 0 amide bonds. The van der Waals surface area contributed by atoms with Crippen molar-refractivity contribution in [3.63, 3.8) is 0 Å². The topological polar surface area (TPSA) is 44.8 Å². The number of alkyl halides is 2. The van der Waals surface area contributed by atoms with Crippen molar-refractivity contribution in [2.45, 2.75) is 13.0 Å². The molecule has 0 aromatic heterocycles. The first kappa shape index (κ1) is 17.0. The summed E-state index contributed by atoms with van der Waals surface area (Å²) in [6.45, 7) is -3.00. The number of ketones is 1. The monoisotopic (exact) mass is 346 g/mol. The number of carbonyl (C=O) groups is 1. The molecule has 2 aromatic carbocycles. The van der Waals surface area contributed by atoms with Crippen molar-refractivity contribution < 1.29 is 27.8 Å². The third-order valence-electron chi connectivity index (χ3n) is 3.97. The lowest BCUT2D eigenvalue weighted by Gasteiger charge is -2.14. The van der Waals surface area contributed by atoms with Crippen LogP contribution in [0.3, 0.4) is 0 Å². The number of halogens is 2. The molecule has 0 fully saturated rings. The molecule has 130 valence electrons. The van der Waals surface area contributed by atoms with Crippen molar-refractivity contribution in [1.82, 2.24) is 0 Å². The fourth-order valence-electron chi connectivity index (χ4n) is 2.86. The first-order valence-corrected chi connectivity index (χ1v) is 7.57. The molecular weight excluding hydrogens is 330 g/mol. The summed E-state index contributed by atoms with van der Waals surface area (Å²) in [6.07, 6.45) is 2.23. The largest absolute Gasteiger partial charge is 0.493 e. The van der Waals surface area contributed by atoms with Crippen LogP contribution in [0.15, 0.2) is 42.0 Å². The molecule has 0 spiro atoms. The number of benzene rings is 2. The van der Waals surface area contributed by atoms with Crippen LogP contribution in [0.2, 0.25) is 0 Å². The normalized spacial score (nSPS) is 14.8. The van der Waals surface area contributed by atoms with Gasteiger partial charge in [-0.25, -0.2) is 0 Å². The highest BCUT2D eigenvalue weighted by Crippen LogP contribution is 2.40. The minimum atomic E-state index is -3.00. The lowest BCUT2D eigenvalue weighted by molar-refractivity contribution is -0.0526. The van der Waals surface area contributed by atoms with Gasteiger partial charge in [0.15, 0.2) is 17.3 Å². The summed E-state index contributed by atoms with van der Waals surface area (Å²) in [7, 11) is 2.70. The van der Waals surface area contributed by atoms with E-state index in [9.17, 15) is 13.6 Å². The summed E-state index contributed by atoms with van der Waals surface area (Å²) in [6, 6.07) is 10.5. The van der Waals surface area contributed by atoms with E-state index >= 15 is 0 Å². The lowest BCUT2D eigenvalue weighted by atomic mass is 10.1. The molecule has 4 nitrogen and oxygen atoms in total. The van der Waals surface area contributed by atoms with Crippen molar-refractivity contribution in [1.29, 1.82) is 0 Å². The first-order chi connectivity index (χ1) is 12.0. The van der Waals surface area contributed by atoms with Gasteiger partial charge in [-0.15, -0.1) is 0 Å². The van der Waals surface area contributed by atoms with Gasteiger partial charge in [0, 0.05) is 17.6 Å². The Morgan fingerprint density at radius 1 is 1.08 bits per heavy atom. The summed E-state index contributed by atoms with van der Waals surface area (Å²) in [5.41, 5.74) is 2.87. The number of ether oxygens (including phenoxy) is 3. The maximum atomic E-state index is 12.6. The Morgan fingerprint density at radius 3 is 2.28 bits per heavy atom. The lowest BCUT2D eigenvalue weighted by Crippen LogP contribution is -2.05. The number of allylic oxidation sites excluding steroid dienone is 1. The van der Waals surface area contributed by atoms with E-state index in [1.54, 1.807) is 12.1 Å². The molecule has 0 saturated heterocycles. The fraction of sp³-hybridized carbons (Fsp3) is 0.211. The van der Waals surface area contributed by atoms with Gasteiger partial charge in [-0.3, -0.25) is 4.79 Å². The molecule has 1 aliphatic carbocycles. The van der Waals surface area contributed by atoms with E-state index in [4.69, 9.17) is 9.47 Å². The predicted molar refractivity (Wildman–Crippen MR) is 88.6 cm³/mol. The minimum absolute atomic E-state index is 0.0403. The van der Waals surface area contributed by atoms with Crippen molar-refractivity contribution in [2.24, 2.45) is 0 Å². The zero-order valence-corrected chi connectivity index (χ0v) is 13.7. The van der Waals surface area contributed by atoms with Crippen molar-refractivity contribution >= 4 is 11.9 Å². The molecule has 0 aliphatic heterocycles. The highest BCUT2D eigenvalue weighted by Gasteiger charge is 2.24. The number of Topliss-reactive ketones (excluding diaryl/α,β-unsaturated/α-hetero) is 1. The van der Waals surface area contributed by atoms with Crippen LogP contribution in [0.5, 0.6) is 17.2 Å². The molecule has 0 atom stereocenters. The van der Waals surface area contributed by atoms with E-state index in [0.717, 1.165) is 5.56 Å². The Bertz CT molecular complexity index is 818. The maximum absolute atomic E-state index is 12.6. The highest BCUT2D eigenvalue weighted by atomic mass is 19.3. The maximum Gasteiger partial charge on any atom is 0.387 e. The molecule has 0 bridgehead atoms. The molecule has 25 heavy (non-hydrogen) atoms. The molecule has 3 rings (SSSR count). The van der Waals surface area contributed by atoms with Crippen LogP contribution in [-0.2, 0) is 6.42 Å². The smallest absolute Gasteiger partial charge is 0.387 e. The average Bonchev–Trinajstić information content (AvgIpc) is 2.91. The molecule has 1 aliphatic rings. The number of rotatable bonds is 5. The van der Waals surface area contributed by atoms with Crippen LogP contribution in [-0.4, -0.2) is 26.6 Å². The van der Waals surface area contributed by atoms with Crippen LogP contribution in [0.1, 0.15) is 21.5 Å². The second-order valence-corrected chi connectivity index (χ2v) is 5.47. The van der Waals surface area contributed by atoms with Crippen molar-refractivity contribution in [3.8, 4) is 17.2 Å². The van der Waals surface area contributed by atoms with Crippen molar-refractivity contribution in [2.75, 3.05) is 14.2 Å².